The van der Waals surface area contributed by atoms with E-state index in [2.05, 4.69) is 43.1 Å². The highest BCUT2D eigenvalue weighted by molar-refractivity contribution is 6.92. The zero-order valence-corrected chi connectivity index (χ0v) is 9.02. The fourth-order valence-corrected chi connectivity index (χ4v) is 1.93. The summed E-state index contributed by atoms with van der Waals surface area (Å²) in [6, 6.07) is 8.80. The Kier molecular flexibility index (Phi) is 3.79. The molecule has 0 bridgehead atoms. The van der Waals surface area contributed by atoms with E-state index >= 15 is 0 Å². The van der Waals surface area contributed by atoms with Crippen molar-refractivity contribution in [2.24, 2.45) is 0 Å². The van der Waals surface area contributed by atoms with Crippen molar-refractivity contribution in [2.75, 3.05) is 0 Å². The Morgan fingerprint density at radius 3 is 2.83 bits per heavy atom. The van der Waals surface area contributed by atoms with Crippen LogP contribution in [-0.4, -0.2) is 8.99 Å². The molecule has 1 atom stereocenters. The first-order valence-corrected chi connectivity index (χ1v) is 5.93. The Morgan fingerprint density at radius 2 is 2.25 bits per heavy atom. The van der Waals surface area contributed by atoms with Crippen molar-refractivity contribution in [1.82, 2.24) is 4.98 Å². The zero-order chi connectivity index (χ0) is 8.97. The second kappa shape index (κ2) is 4.65. The topological polar surface area (TPSA) is 12.0 Å². The normalized spacial score (nSPS) is 12.9. The summed E-state index contributed by atoms with van der Waals surface area (Å²) in [6.45, 7) is 4.21. The van der Waals surface area contributed by atoms with Gasteiger partial charge < -0.3 is 4.98 Å². The van der Waals surface area contributed by atoms with Crippen LogP contribution >= 0.6 is 11.1 Å². The minimum Gasteiger partial charge on any atom is -0.320 e. The standard InChI is InChI=1S/C9H12ClNSi/c1-7-4-3-5-9(6-7)8(2)11-12-10/h3-6,8,11H,1-2H3. The highest BCUT2D eigenvalue weighted by atomic mass is 35.6. The summed E-state index contributed by atoms with van der Waals surface area (Å²) < 4.78 is 0. The lowest BCUT2D eigenvalue weighted by Gasteiger charge is -2.11. The number of hydrogen-bond donors (Lipinski definition) is 1. The Labute approximate surface area is 80.7 Å². The van der Waals surface area contributed by atoms with E-state index in [-0.39, 0.29) is 8.99 Å². The Bertz CT molecular complexity index is 252. The molecule has 0 fully saturated rings. The van der Waals surface area contributed by atoms with Crippen LogP contribution < -0.4 is 4.98 Å². The fourth-order valence-electron chi connectivity index (χ4n) is 1.10. The van der Waals surface area contributed by atoms with Crippen LogP contribution in [0.4, 0.5) is 0 Å². The van der Waals surface area contributed by atoms with Gasteiger partial charge in [0.25, 0.3) is 8.99 Å². The Hall–Kier alpha value is -0.313. The molecule has 2 radical (unpaired) electrons. The third-order valence-corrected chi connectivity index (χ3v) is 2.68. The minimum absolute atomic E-state index is 0.283. The third kappa shape index (κ3) is 2.63. The van der Waals surface area contributed by atoms with Gasteiger partial charge in [0.15, 0.2) is 0 Å². The molecule has 0 saturated heterocycles. The first-order chi connectivity index (χ1) is 5.74. The first kappa shape index (κ1) is 9.77. The number of rotatable bonds is 3. The number of aryl methyl sites for hydroxylation is 1. The number of hydrogen-bond acceptors (Lipinski definition) is 1. The van der Waals surface area contributed by atoms with Crippen molar-refractivity contribution < 1.29 is 0 Å². The number of benzene rings is 1. The van der Waals surface area contributed by atoms with Gasteiger partial charge in [0.1, 0.15) is 0 Å². The molecule has 1 nitrogen and oxygen atoms in total. The molecule has 1 N–H and O–H groups in total. The van der Waals surface area contributed by atoms with Crippen LogP contribution in [0.3, 0.4) is 0 Å². The maximum Gasteiger partial charge on any atom is 0.271 e. The quantitative estimate of drug-likeness (QED) is 0.580. The second-order valence-electron chi connectivity index (χ2n) is 2.87. The Morgan fingerprint density at radius 1 is 1.50 bits per heavy atom. The lowest BCUT2D eigenvalue weighted by molar-refractivity contribution is 0.741. The molecule has 0 aliphatic rings. The molecule has 0 saturated carbocycles. The summed E-state index contributed by atoms with van der Waals surface area (Å²) >= 11 is 5.60. The molecule has 0 heterocycles. The van der Waals surface area contributed by atoms with Gasteiger partial charge >= 0.3 is 0 Å². The summed E-state index contributed by atoms with van der Waals surface area (Å²) in [5.41, 5.74) is 2.59. The minimum atomic E-state index is 0.283. The lowest BCUT2D eigenvalue weighted by Crippen LogP contribution is -2.19. The molecule has 0 aliphatic heterocycles. The van der Waals surface area contributed by atoms with E-state index in [9.17, 15) is 0 Å². The Balaban J connectivity index is 2.73. The second-order valence-corrected chi connectivity index (χ2v) is 3.92. The molecule has 0 aromatic heterocycles. The van der Waals surface area contributed by atoms with E-state index in [0.29, 0.717) is 6.04 Å². The molecule has 1 unspecified atom stereocenters. The lowest BCUT2D eigenvalue weighted by atomic mass is 10.1. The summed E-state index contributed by atoms with van der Waals surface area (Å²) in [7, 11) is 0.283. The SMILES string of the molecule is Cc1cccc(C(C)N[Si]Cl)c1. The highest BCUT2D eigenvalue weighted by Gasteiger charge is 2.02. The van der Waals surface area contributed by atoms with Crippen molar-refractivity contribution in [2.45, 2.75) is 19.9 Å². The van der Waals surface area contributed by atoms with Crippen molar-refractivity contribution >= 4 is 20.1 Å². The predicted molar refractivity (Wildman–Crippen MR) is 54.3 cm³/mol. The first-order valence-electron chi connectivity index (χ1n) is 3.92. The molecule has 0 spiro atoms. The van der Waals surface area contributed by atoms with E-state index in [1.165, 1.54) is 11.1 Å². The molecule has 0 aliphatic carbocycles. The van der Waals surface area contributed by atoms with Crippen LogP contribution in [0.15, 0.2) is 24.3 Å². The van der Waals surface area contributed by atoms with Crippen LogP contribution in [0.25, 0.3) is 0 Å². The van der Waals surface area contributed by atoms with Crippen LogP contribution in [0.1, 0.15) is 24.1 Å². The monoisotopic (exact) mass is 197 g/mol. The largest absolute Gasteiger partial charge is 0.320 e. The van der Waals surface area contributed by atoms with Gasteiger partial charge in [-0.3, -0.25) is 0 Å². The van der Waals surface area contributed by atoms with Crippen LogP contribution in [0.2, 0.25) is 0 Å². The molecule has 1 aromatic carbocycles. The number of halogens is 1. The predicted octanol–water partition coefficient (Wildman–Crippen LogP) is 2.42. The highest BCUT2D eigenvalue weighted by Crippen LogP contribution is 2.12. The van der Waals surface area contributed by atoms with Crippen LogP contribution in [0, 0.1) is 6.92 Å². The van der Waals surface area contributed by atoms with Gasteiger partial charge in [0.2, 0.25) is 0 Å². The zero-order valence-electron chi connectivity index (χ0n) is 7.26. The van der Waals surface area contributed by atoms with Crippen molar-refractivity contribution in [3.8, 4) is 0 Å². The van der Waals surface area contributed by atoms with Gasteiger partial charge in [-0.2, -0.15) is 0 Å². The summed E-state index contributed by atoms with van der Waals surface area (Å²) in [5.74, 6) is 0. The van der Waals surface area contributed by atoms with Crippen molar-refractivity contribution in [3.63, 3.8) is 0 Å². The maximum atomic E-state index is 5.60. The molecule has 64 valence electrons. The molecule has 1 aromatic rings. The van der Waals surface area contributed by atoms with Gasteiger partial charge in [-0.25, -0.2) is 0 Å². The van der Waals surface area contributed by atoms with Gasteiger partial charge in [-0.1, -0.05) is 29.8 Å². The molecular weight excluding hydrogens is 186 g/mol. The van der Waals surface area contributed by atoms with Crippen molar-refractivity contribution in [1.29, 1.82) is 0 Å². The maximum absolute atomic E-state index is 5.60. The molecule has 0 amide bonds. The molecule has 1 rings (SSSR count). The third-order valence-electron chi connectivity index (χ3n) is 1.81. The average Bonchev–Trinajstić information content (AvgIpc) is 2.05. The van der Waals surface area contributed by atoms with E-state index in [0.717, 1.165) is 0 Å². The van der Waals surface area contributed by atoms with Crippen LogP contribution in [0.5, 0.6) is 0 Å². The number of nitrogens with one attached hydrogen (secondary N) is 1. The molecular formula is C9H12ClNSi. The van der Waals surface area contributed by atoms with Gasteiger partial charge in [-0.05, 0) is 19.4 Å². The molecule has 3 heteroatoms. The summed E-state index contributed by atoms with van der Waals surface area (Å²) in [6.07, 6.45) is 0. The fraction of sp³-hybridized carbons (Fsp3) is 0.333. The van der Waals surface area contributed by atoms with Gasteiger partial charge in [0.05, 0.1) is 0 Å². The van der Waals surface area contributed by atoms with E-state index in [4.69, 9.17) is 11.1 Å². The van der Waals surface area contributed by atoms with Gasteiger partial charge in [0, 0.05) is 6.04 Å². The van der Waals surface area contributed by atoms with Crippen LogP contribution in [-0.2, 0) is 0 Å². The average molecular weight is 198 g/mol. The summed E-state index contributed by atoms with van der Waals surface area (Å²) in [5, 5.41) is 0. The molecule has 12 heavy (non-hydrogen) atoms. The van der Waals surface area contributed by atoms with E-state index in [1.54, 1.807) is 0 Å². The van der Waals surface area contributed by atoms with Gasteiger partial charge in [-0.15, -0.1) is 11.1 Å². The van der Waals surface area contributed by atoms with Crippen molar-refractivity contribution in [3.05, 3.63) is 35.4 Å². The smallest absolute Gasteiger partial charge is 0.271 e. The summed E-state index contributed by atoms with van der Waals surface area (Å²) in [4.78, 5) is 3.18. The van der Waals surface area contributed by atoms with E-state index < -0.39 is 0 Å². The van der Waals surface area contributed by atoms with E-state index in [1.807, 2.05) is 0 Å².